The van der Waals surface area contributed by atoms with Crippen LogP contribution in [0.2, 0.25) is 0 Å². The molecule has 142 valence electrons. The molecule has 0 radical (unpaired) electrons. The van der Waals surface area contributed by atoms with Crippen molar-refractivity contribution < 1.29 is 22.4 Å². The van der Waals surface area contributed by atoms with Crippen molar-refractivity contribution in [3.63, 3.8) is 0 Å². The van der Waals surface area contributed by atoms with Crippen LogP contribution in [0, 0.1) is 0 Å². The molecule has 0 bridgehead atoms. The Morgan fingerprint density at radius 3 is 2.70 bits per heavy atom. The van der Waals surface area contributed by atoms with Gasteiger partial charge in [-0.15, -0.1) is 0 Å². The van der Waals surface area contributed by atoms with E-state index in [4.69, 9.17) is 4.42 Å². The van der Waals surface area contributed by atoms with Crippen LogP contribution < -0.4 is 15.4 Å². The molecule has 9 heteroatoms. The quantitative estimate of drug-likeness (QED) is 0.591. The number of carbonyl (C=O) groups excluding carboxylic acids is 2. The largest absolute Gasteiger partial charge is 0.465 e. The number of hydrogen-bond acceptors (Lipinski definition) is 5. The second kappa shape index (κ2) is 8.19. The van der Waals surface area contributed by atoms with Gasteiger partial charge < -0.3 is 15.1 Å². The minimum atomic E-state index is -3.60. The van der Waals surface area contributed by atoms with E-state index in [9.17, 15) is 18.0 Å². The lowest BCUT2D eigenvalue weighted by Crippen LogP contribution is -2.31. The minimum absolute atomic E-state index is 0.00214. The third-order valence-electron chi connectivity index (χ3n) is 3.69. The molecule has 2 aromatic rings. The molecule has 0 atom stereocenters. The van der Waals surface area contributed by atoms with Gasteiger partial charge in [-0.25, -0.2) is 13.1 Å². The number of nitrogens with one attached hydrogen (secondary N) is 3. The van der Waals surface area contributed by atoms with E-state index in [0.717, 1.165) is 12.8 Å². The molecule has 1 aromatic carbocycles. The van der Waals surface area contributed by atoms with Crippen molar-refractivity contribution in [2.75, 3.05) is 11.9 Å². The Bertz CT molecular complexity index is 947. The molecule has 1 heterocycles. The number of sulfonamides is 1. The summed E-state index contributed by atoms with van der Waals surface area (Å²) in [7, 11) is -3.60. The molecule has 0 spiro atoms. The molecule has 8 nitrogen and oxygen atoms in total. The van der Waals surface area contributed by atoms with Crippen LogP contribution in [-0.2, 0) is 19.6 Å². The van der Waals surface area contributed by atoms with Gasteiger partial charge in [0.15, 0.2) is 0 Å². The van der Waals surface area contributed by atoms with Crippen molar-refractivity contribution in [2.24, 2.45) is 0 Å². The topological polar surface area (TPSA) is 118 Å². The van der Waals surface area contributed by atoms with Crippen LogP contribution in [-0.4, -0.2) is 32.8 Å². The Morgan fingerprint density at radius 2 is 2.00 bits per heavy atom. The molecule has 2 amide bonds. The lowest BCUT2D eigenvalue weighted by Gasteiger charge is -2.09. The number of anilines is 1. The number of hydrogen-bond donors (Lipinski definition) is 3. The van der Waals surface area contributed by atoms with Crippen LogP contribution in [0.15, 0.2) is 58.1 Å². The van der Waals surface area contributed by atoms with E-state index in [1.807, 2.05) is 0 Å². The normalized spacial score (nSPS) is 14.2. The van der Waals surface area contributed by atoms with Gasteiger partial charge in [0, 0.05) is 17.8 Å². The summed E-state index contributed by atoms with van der Waals surface area (Å²) in [5.74, 6) is -0.404. The first-order valence-electron chi connectivity index (χ1n) is 8.34. The van der Waals surface area contributed by atoms with Crippen LogP contribution >= 0.6 is 0 Å². The molecule has 0 saturated heterocycles. The summed E-state index contributed by atoms with van der Waals surface area (Å²) in [5, 5.41) is 4.99. The summed E-state index contributed by atoms with van der Waals surface area (Å²) < 4.78 is 32.1. The molecule has 1 saturated carbocycles. The number of carbonyl (C=O) groups is 2. The molecular formula is C18H19N3O5S. The summed E-state index contributed by atoms with van der Waals surface area (Å²) in [4.78, 5) is 23.7. The van der Waals surface area contributed by atoms with E-state index >= 15 is 0 Å². The molecular weight excluding hydrogens is 370 g/mol. The number of benzene rings is 1. The van der Waals surface area contributed by atoms with Crippen molar-refractivity contribution in [1.29, 1.82) is 0 Å². The third kappa shape index (κ3) is 5.80. The van der Waals surface area contributed by atoms with E-state index in [0.29, 0.717) is 11.4 Å². The molecule has 3 rings (SSSR count). The van der Waals surface area contributed by atoms with Gasteiger partial charge in [0.25, 0.3) is 0 Å². The molecule has 0 unspecified atom stereocenters. The van der Waals surface area contributed by atoms with Crippen molar-refractivity contribution in [1.82, 2.24) is 10.0 Å². The molecule has 0 aliphatic heterocycles. The summed E-state index contributed by atoms with van der Waals surface area (Å²) in [6.45, 7) is -0.251. The second-order valence-corrected chi connectivity index (χ2v) is 7.75. The first-order valence-corrected chi connectivity index (χ1v) is 9.82. The zero-order chi connectivity index (χ0) is 19.3. The van der Waals surface area contributed by atoms with Crippen LogP contribution in [0.25, 0.3) is 6.08 Å². The van der Waals surface area contributed by atoms with E-state index < -0.39 is 21.8 Å². The molecule has 27 heavy (non-hydrogen) atoms. The molecule has 1 aliphatic rings. The van der Waals surface area contributed by atoms with Gasteiger partial charge in [0.1, 0.15) is 5.76 Å². The fraction of sp³-hybridized carbons (Fsp3) is 0.222. The highest BCUT2D eigenvalue weighted by molar-refractivity contribution is 7.89. The highest BCUT2D eigenvalue weighted by Crippen LogP contribution is 2.23. The minimum Gasteiger partial charge on any atom is -0.465 e. The second-order valence-electron chi connectivity index (χ2n) is 6.04. The van der Waals surface area contributed by atoms with Gasteiger partial charge in [0.05, 0.1) is 17.7 Å². The fourth-order valence-electron chi connectivity index (χ4n) is 2.21. The lowest BCUT2D eigenvalue weighted by atomic mass is 10.3. The van der Waals surface area contributed by atoms with Gasteiger partial charge in [-0.05, 0) is 49.2 Å². The third-order valence-corrected chi connectivity index (χ3v) is 5.21. The van der Waals surface area contributed by atoms with Gasteiger partial charge >= 0.3 is 0 Å². The summed E-state index contributed by atoms with van der Waals surface area (Å²) >= 11 is 0. The van der Waals surface area contributed by atoms with Crippen molar-refractivity contribution in [3.8, 4) is 0 Å². The van der Waals surface area contributed by atoms with E-state index in [2.05, 4.69) is 15.4 Å². The summed E-state index contributed by atoms with van der Waals surface area (Å²) in [6, 6.07) is 9.34. The Labute approximate surface area is 156 Å². The zero-order valence-electron chi connectivity index (χ0n) is 14.3. The first kappa shape index (κ1) is 18.9. The maximum atomic E-state index is 12.2. The summed E-state index contributed by atoms with van der Waals surface area (Å²) in [5.41, 5.74) is 0.332. The van der Waals surface area contributed by atoms with E-state index in [-0.39, 0.29) is 17.5 Å². The number of rotatable bonds is 8. The lowest BCUT2D eigenvalue weighted by molar-refractivity contribution is -0.121. The Balaban J connectivity index is 1.51. The van der Waals surface area contributed by atoms with E-state index in [1.54, 1.807) is 24.3 Å². The Morgan fingerprint density at radius 1 is 1.19 bits per heavy atom. The van der Waals surface area contributed by atoms with Gasteiger partial charge in [0.2, 0.25) is 21.8 Å². The fourth-order valence-corrected chi connectivity index (χ4v) is 3.56. The highest BCUT2D eigenvalue weighted by Gasteiger charge is 2.28. The maximum Gasteiger partial charge on any atom is 0.244 e. The maximum absolute atomic E-state index is 12.2. The van der Waals surface area contributed by atoms with Gasteiger partial charge in [-0.1, -0.05) is 6.07 Å². The Hall–Kier alpha value is -2.91. The predicted octanol–water partition coefficient (Wildman–Crippen LogP) is 1.49. The van der Waals surface area contributed by atoms with Gasteiger partial charge in [-0.2, -0.15) is 0 Å². The zero-order valence-corrected chi connectivity index (χ0v) is 15.2. The highest BCUT2D eigenvalue weighted by atomic mass is 32.2. The number of furan rings is 1. The van der Waals surface area contributed by atoms with E-state index in [1.165, 1.54) is 30.5 Å². The summed E-state index contributed by atoms with van der Waals surface area (Å²) in [6.07, 6.45) is 5.89. The van der Waals surface area contributed by atoms with Crippen LogP contribution in [0.1, 0.15) is 18.6 Å². The van der Waals surface area contributed by atoms with Gasteiger partial charge in [-0.3, -0.25) is 9.59 Å². The SMILES string of the molecule is O=C(C=Cc1ccco1)NCC(=O)Nc1cccc(S(=O)(=O)NC2CC2)c1. The van der Waals surface area contributed by atoms with Crippen LogP contribution in [0.5, 0.6) is 0 Å². The van der Waals surface area contributed by atoms with Crippen LogP contribution in [0.3, 0.4) is 0 Å². The Kier molecular flexibility index (Phi) is 5.72. The monoisotopic (exact) mass is 389 g/mol. The molecule has 1 aromatic heterocycles. The number of amides is 2. The molecule has 1 fully saturated rings. The average molecular weight is 389 g/mol. The van der Waals surface area contributed by atoms with Crippen LogP contribution in [0.4, 0.5) is 5.69 Å². The standard InChI is InChI=1S/C18H19N3O5S/c22-17(9-8-15-4-2-10-26-15)19-12-18(23)20-14-3-1-5-16(11-14)27(24,25)21-13-6-7-13/h1-5,8-11,13,21H,6-7,12H2,(H,19,22)(H,20,23). The smallest absolute Gasteiger partial charge is 0.244 e. The predicted molar refractivity (Wildman–Crippen MR) is 99.2 cm³/mol. The van der Waals surface area contributed by atoms with Crippen molar-refractivity contribution >= 4 is 33.6 Å². The molecule has 3 N–H and O–H groups in total. The van der Waals surface area contributed by atoms with Crippen molar-refractivity contribution in [3.05, 3.63) is 54.5 Å². The van der Waals surface area contributed by atoms with Crippen molar-refractivity contribution in [2.45, 2.75) is 23.8 Å². The molecule has 1 aliphatic carbocycles. The first-order chi connectivity index (χ1) is 12.9. The average Bonchev–Trinajstić information content (AvgIpc) is 3.28.